The lowest BCUT2D eigenvalue weighted by molar-refractivity contribution is -0.119. The summed E-state index contributed by atoms with van der Waals surface area (Å²) >= 11 is 1.41. The number of nitrogens with zero attached hydrogens (tertiary/aromatic N) is 3. The minimum Gasteiger partial charge on any atom is -0.307 e. The van der Waals surface area contributed by atoms with Crippen molar-refractivity contribution >= 4 is 33.1 Å². The van der Waals surface area contributed by atoms with Gasteiger partial charge in [0.05, 0.1) is 11.7 Å². The third kappa shape index (κ3) is 3.07. The van der Waals surface area contributed by atoms with E-state index in [1.54, 1.807) is 17.0 Å². The van der Waals surface area contributed by atoms with E-state index in [9.17, 15) is 9.59 Å². The normalized spacial score (nSPS) is 10.6. The molecule has 2 aromatic heterocycles. The second-order valence-corrected chi connectivity index (χ2v) is 5.84. The number of aromatic nitrogens is 2. The van der Waals surface area contributed by atoms with Gasteiger partial charge in [-0.1, -0.05) is 24.3 Å². The number of hydrogen-bond donors (Lipinski definition) is 0. The maximum atomic E-state index is 12.6. The molecule has 0 unspecified atom stereocenters. The molecule has 116 valence electrons. The number of thiophene rings is 1. The summed E-state index contributed by atoms with van der Waals surface area (Å²) in [6.07, 6.45) is 3.09. The molecule has 0 aliphatic heterocycles. The quantitative estimate of drug-likeness (QED) is 0.678. The van der Waals surface area contributed by atoms with Gasteiger partial charge in [-0.3, -0.25) is 14.2 Å². The Morgan fingerprint density at radius 1 is 1.30 bits per heavy atom. The number of hydrogen-bond acceptors (Lipinski definition) is 4. The first kappa shape index (κ1) is 15.2. The van der Waals surface area contributed by atoms with Crippen molar-refractivity contribution in [2.75, 3.05) is 11.4 Å². The molecule has 0 N–H and O–H groups in total. The Morgan fingerprint density at radius 3 is 2.83 bits per heavy atom. The standard InChI is InChI=1S/C17H15N3O2S/c1-2-9-20(13-6-4-3-5-7-13)15(21)11-19-12-18-16-14(17(19)22)8-10-23-16/h2-8,10,12H,1,9,11H2. The fraction of sp³-hybridized carbons (Fsp3) is 0.118. The van der Waals surface area contributed by atoms with Gasteiger partial charge in [-0.15, -0.1) is 17.9 Å². The van der Waals surface area contributed by atoms with Gasteiger partial charge in [0.2, 0.25) is 5.91 Å². The zero-order chi connectivity index (χ0) is 16.2. The summed E-state index contributed by atoms with van der Waals surface area (Å²) in [6.45, 7) is 4.02. The number of rotatable bonds is 5. The first-order valence-corrected chi connectivity index (χ1v) is 7.97. The van der Waals surface area contributed by atoms with Crippen molar-refractivity contribution in [3.63, 3.8) is 0 Å². The minimum atomic E-state index is -0.198. The second kappa shape index (κ2) is 6.58. The molecule has 0 aliphatic carbocycles. The van der Waals surface area contributed by atoms with E-state index in [2.05, 4.69) is 11.6 Å². The fourth-order valence-electron chi connectivity index (χ4n) is 2.33. The molecule has 0 aliphatic rings. The van der Waals surface area contributed by atoms with E-state index >= 15 is 0 Å². The van der Waals surface area contributed by atoms with Crippen LogP contribution >= 0.6 is 11.3 Å². The Kier molecular flexibility index (Phi) is 4.34. The molecule has 23 heavy (non-hydrogen) atoms. The average Bonchev–Trinajstić information content (AvgIpc) is 3.05. The molecule has 0 atom stereocenters. The summed E-state index contributed by atoms with van der Waals surface area (Å²) in [7, 11) is 0. The Balaban J connectivity index is 1.90. The maximum absolute atomic E-state index is 12.6. The first-order valence-electron chi connectivity index (χ1n) is 7.09. The predicted molar refractivity (Wildman–Crippen MR) is 92.9 cm³/mol. The van der Waals surface area contributed by atoms with Crippen LogP contribution in [0.25, 0.3) is 10.2 Å². The van der Waals surface area contributed by atoms with E-state index in [4.69, 9.17) is 0 Å². The van der Waals surface area contributed by atoms with Crippen LogP contribution in [0.4, 0.5) is 5.69 Å². The number of para-hydroxylation sites is 1. The van der Waals surface area contributed by atoms with E-state index in [0.717, 1.165) is 5.69 Å². The van der Waals surface area contributed by atoms with E-state index in [1.165, 1.54) is 22.2 Å². The Bertz CT molecular complexity index is 899. The molecule has 0 bridgehead atoms. The smallest absolute Gasteiger partial charge is 0.262 e. The van der Waals surface area contributed by atoms with E-state index in [0.29, 0.717) is 16.8 Å². The van der Waals surface area contributed by atoms with Gasteiger partial charge in [-0.25, -0.2) is 4.98 Å². The van der Waals surface area contributed by atoms with Crippen LogP contribution in [0.15, 0.2) is 65.6 Å². The molecular weight excluding hydrogens is 310 g/mol. The maximum Gasteiger partial charge on any atom is 0.262 e. The predicted octanol–water partition coefficient (Wildman–Crippen LogP) is 2.68. The first-order chi connectivity index (χ1) is 11.2. The van der Waals surface area contributed by atoms with Gasteiger partial charge in [0.25, 0.3) is 5.56 Å². The summed E-state index contributed by atoms with van der Waals surface area (Å²) in [5, 5.41) is 2.36. The highest BCUT2D eigenvalue weighted by Crippen LogP contribution is 2.15. The van der Waals surface area contributed by atoms with E-state index in [-0.39, 0.29) is 18.0 Å². The van der Waals surface area contributed by atoms with Gasteiger partial charge in [-0.05, 0) is 23.6 Å². The number of fused-ring (bicyclic) bond motifs is 1. The molecule has 1 aromatic carbocycles. The third-order valence-corrected chi connectivity index (χ3v) is 4.26. The van der Waals surface area contributed by atoms with Gasteiger partial charge >= 0.3 is 0 Å². The SMILES string of the molecule is C=CCN(C(=O)Cn1cnc2sccc2c1=O)c1ccccc1. The number of anilines is 1. The molecule has 6 heteroatoms. The van der Waals surface area contributed by atoms with Crippen LogP contribution in [-0.2, 0) is 11.3 Å². The van der Waals surface area contributed by atoms with Crippen LogP contribution < -0.4 is 10.5 Å². The summed E-state index contributed by atoms with van der Waals surface area (Å²) in [5.74, 6) is -0.186. The lowest BCUT2D eigenvalue weighted by Gasteiger charge is -2.21. The van der Waals surface area contributed by atoms with Crippen LogP contribution in [0.2, 0.25) is 0 Å². The number of carbonyl (C=O) groups is 1. The Labute approximate surface area is 137 Å². The van der Waals surface area contributed by atoms with E-state index < -0.39 is 0 Å². The molecule has 3 aromatic rings. The summed E-state index contributed by atoms with van der Waals surface area (Å²) in [5.41, 5.74) is 0.575. The molecular formula is C17H15N3O2S. The van der Waals surface area contributed by atoms with Crippen LogP contribution in [0.3, 0.4) is 0 Å². The molecule has 0 fully saturated rings. The highest BCUT2D eigenvalue weighted by atomic mass is 32.1. The monoisotopic (exact) mass is 325 g/mol. The third-order valence-electron chi connectivity index (χ3n) is 3.44. The number of carbonyl (C=O) groups excluding carboxylic acids is 1. The molecule has 0 radical (unpaired) electrons. The van der Waals surface area contributed by atoms with Crippen molar-refractivity contribution in [3.8, 4) is 0 Å². The summed E-state index contributed by atoms with van der Waals surface area (Å²) in [4.78, 5) is 31.5. The highest BCUT2D eigenvalue weighted by Gasteiger charge is 2.16. The Hall–Kier alpha value is -2.73. The summed E-state index contributed by atoms with van der Waals surface area (Å²) in [6, 6.07) is 11.1. The molecule has 0 spiro atoms. The van der Waals surface area contributed by atoms with Crippen molar-refractivity contribution in [2.24, 2.45) is 0 Å². The largest absolute Gasteiger partial charge is 0.307 e. The van der Waals surface area contributed by atoms with Gasteiger partial charge < -0.3 is 4.90 Å². The van der Waals surface area contributed by atoms with Crippen molar-refractivity contribution in [1.29, 1.82) is 0 Å². The van der Waals surface area contributed by atoms with Crippen LogP contribution in [-0.4, -0.2) is 22.0 Å². The highest BCUT2D eigenvalue weighted by molar-refractivity contribution is 7.16. The van der Waals surface area contributed by atoms with Gasteiger partial charge in [0.1, 0.15) is 11.4 Å². The van der Waals surface area contributed by atoms with Crippen molar-refractivity contribution < 1.29 is 4.79 Å². The average molecular weight is 325 g/mol. The lowest BCUT2D eigenvalue weighted by atomic mass is 10.2. The van der Waals surface area contributed by atoms with Crippen molar-refractivity contribution in [3.05, 3.63) is 71.1 Å². The van der Waals surface area contributed by atoms with Crippen molar-refractivity contribution in [2.45, 2.75) is 6.54 Å². The van der Waals surface area contributed by atoms with Crippen LogP contribution in [0.1, 0.15) is 0 Å². The van der Waals surface area contributed by atoms with Gasteiger partial charge in [-0.2, -0.15) is 0 Å². The van der Waals surface area contributed by atoms with Gasteiger partial charge in [0, 0.05) is 12.2 Å². The molecule has 5 nitrogen and oxygen atoms in total. The van der Waals surface area contributed by atoms with Gasteiger partial charge in [0.15, 0.2) is 0 Å². The molecule has 0 saturated carbocycles. The Morgan fingerprint density at radius 2 is 2.09 bits per heavy atom. The topological polar surface area (TPSA) is 55.2 Å². The lowest BCUT2D eigenvalue weighted by Crippen LogP contribution is -2.36. The zero-order valence-corrected chi connectivity index (χ0v) is 13.2. The summed E-state index contributed by atoms with van der Waals surface area (Å²) < 4.78 is 1.34. The molecule has 0 saturated heterocycles. The second-order valence-electron chi connectivity index (χ2n) is 4.95. The van der Waals surface area contributed by atoms with E-state index in [1.807, 2.05) is 35.7 Å². The number of amides is 1. The fourth-order valence-corrected chi connectivity index (χ4v) is 3.05. The minimum absolute atomic E-state index is 0.0552. The number of benzene rings is 1. The molecule has 3 rings (SSSR count). The van der Waals surface area contributed by atoms with Crippen LogP contribution in [0, 0.1) is 0 Å². The molecule has 1 amide bonds. The zero-order valence-electron chi connectivity index (χ0n) is 12.4. The van der Waals surface area contributed by atoms with Crippen molar-refractivity contribution in [1.82, 2.24) is 9.55 Å². The molecule has 2 heterocycles. The van der Waals surface area contributed by atoms with Crippen LogP contribution in [0.5, 0.6) is 0 Å².